The molecule has 1 fully saturated rings. The van der Waals surface area contributed by atoms with Crippen molar-refractivity contribution in [3.05, 3.63) is 70.8 Å². The van der Waals surface area contributed by atoms with Gasteiger partial charge < -0.3 is 9.64 Å². The number of carbonyl (C=O) groups is 1. The summed E-state index contributed by atoms with van der Waals surface area (Å²) in [6.07, 6.45) is -9.16. The molecule has 0 aromatic heterocycles. The van der Waals surface area contributed by atoms with Crippen molar-refractivity contribution in [1.82, 2.24) is 4.90 Å². The number of benzene rings is 2. The number of alkyl halides is 6. The van der Waals surface area contributed by atoms with E-state index in [-0.39, 0.29) is 29.5 Å². The zero-order valence-electron chi connectivity index (χ0n) is 17.5. The quantitative estimate of drug-likeness (QED) is 0.511. The van der Waals surface area contributed by atoms with Crippen molar-refractivity contribution in [3.63, 3.8) is 0 Å². The van der Waals surface area contributed by atoms with Gasteiger partial charge in [0.05, 0.1) is 23.8 Å². The molecule has 1 amide bonds. The van der Waals surface area contributed by atoms with Crippen LogP contribution >= 0.6 is 0 Å². The highest BCUT2D eigenvalue weighted by Crippen LogP contribution is 2.41. The lowest BCUT2D eigenvalue weighted by Gasteiger charge is -2.31. The molecule has 3 rings (SSSR count). The summed E-state index contributed by atoms with van der Waals surface area (Å²) in [7, 11) is 1.67. The predicted molar refractivity (Wildman–Crippen MR) is 106 cm³/mol. The van der Waals surface area contributed by atoms with Gasteiger partial charge in [-0.05, 0) is 42.2 Å². The van der Waals surface area contributed by atoms with Crippen molar-refractivity contribution in [2.45, 2.75) is 56.8 Å². The summed E-state index contributed by atoms with van der Waals surface area (Å²) in [5.41, 5.74) is -2.05. The molecule has 0 radical (unpaired) electrons. The van der Waals surface area contributed by atoms with Gasteiger partial charge in [-0.15, -0.1) is 0 Å². The molecule has 1 aliphatic rings. The minimum Gasteiger partial charge on any atom is -0.373 e. The number of ether oxygens (including phenoxy) is 1. The molecule has 3 nitrogen and oxygen atoms in total. The van der Waals surface area contributed by atoms with E-state index in [1.54, 1.807) is 11.9 Å². The van der Waals surface area contributed by atoms with E-state index < -0.39 is 36.2 Å². The number of hydrogen-bond donors (Lipinski definition) is 0. The average molecular weight is 459 g/mol. The lowest BCUT2D eigenvalue weighted by molar-refractivity contribution is -0.143. The van der Waals surface area contributed by atoms with Gasteiger partial charge in [0, 0.05) is 25.9 Å². The van der Waals surface area contributed by atoms with E-state index in [1.165, 1.54) is 6.92 Å². The zero-order valence-corrected chi connectivity index (χ0v) is 17.5. The first kappa shape index (κ1) is 24.1. The third-order valence-electron chi connectivity index (χ3n) is 5.85. The Bertz CT molecular complexity index is 909. The third-order valence-corrected chi connectivity index (χ3v) is 5.85. The topological polar surface area (TPSA) is 29.5 Å². The molecule has 0 N–H and O–H groups in total. The van der Waals surface area contributed by atoms with E-state index in [1.807, 2.05) is 30.3 Å². The van der Waals surface area contributed by atoms with Gasteiger partial charge in [0.15, 0.2) is 0 Å². The van der Waals surface area contributed by atoms with Gasteiger partial charge in [0.2, 0.25) is 5.91 Å². The summed E-state index contributed by atoms with van der Waals surface area (Å²) in [4.78, 5) is 13.5. The lowest BCUT2D eigenvalue weighted by Crippen LogP contribution is -2.39. The second-order valence-corrected chi connectivity index (χ2v) is 7.97. The van der Waals surface area contributed by atoms with E-state index >= 15 is 0 Å². The van der Waals surface area contributed by atoms with E-state index in [4.69, 9.17) is 4.74 Å². The molecule has 32 heavy (non-hydrogen) atoms. The number of carbonyl (C=O) groups excluding carboxylic acids is 1. The minimum absolute atomic E-state index is 0.101. The van der Waals surface area contributed by atoms with Crippen LogP contribution in [0.1, 0.15) is 47.9 Å². The standard InChI is InChI=1S/C23H23F6NO2/c1-14(31)30(2)19-8-9-20(21(19)16-6-4-3-5-7-16)32-13-15-10-17(22(24,25)26)12-18(11-15)23(27,28)29/h3-7,10-12,19-21H,8-9,13H2,1-2H3. The largest absolute Gasteiger partial charge is 0.416 e. The van der Waals surface area contributed by atoms with Crippen LogP contribution in [0.3, 0.4) is 0 Å². The molecule has 0 heterocycles. The van der Waals surface area contributed by atoms with Gasteiger partial charge in [-0.25, -0.2) is 0 Å². The number of rotatable bonds is 5. The van der Waals surface area contributed by atoms with Gasteiger partial charge in [-0.2, -0.15) is 26.3 Å². The van der Waals surface area contributed by atoms with Crippen molar-refractivity contribution in [1.29, 1.82) is 0 Å². The second-order valence-electron chi connectivity index (χ2n) is 7.97. The Balaban J connectivity index is 1.87. The number of nitrogens with zero attached hydrogens (tertiary/aromatic N) is 1. The van der Waals surface area contributed by atoms with Crippen LogP contribution in [-0.2, 0) is 28.5 Å². The first-order valence-electron chi connectivity index (χ1n) is 10.1. The highest BCUT2D eigenvalue weighted by molar-refractivity contribution is 5.73. The third kappa shape index (κ3) is 5.43. The maximum Gasteiger partial charge on any atom is 0.416 e. The molecule has 9 heteroatoms. The molecule has 1 aliphatic carbocycles. The normalized spacial score (nSPS) is 21.6. The van der Waals surface area contributed by atoms with E-state index in [0.717, 1.165) is 5.56 Å². The molecule has 2 aromatic carbocycles. The Hall–Kier alpha value is -2.55. The lowest BCUT2D eigenvalue weighted by atomic mass is 9.91. The predicted octanol–water partition coefficient (Wildman–Crippen LogP) is 6.03. The molecule has 1 saturated carbocycles. The van der Waals surface area contributed by atoms with Gasteiger partial charge >= 0.3 is 12.4 Å². The fourth-order valence-corrected chi connectivity index (χ4v) is 4.21. The number of amides is 1. The molecule has 0 spiro atoms. The SMILES string of the molecule is CC(=O)N(C)C1CCC(OCc2cc(C(F)(F)F)cc(C(F)(F)F)c2)C1c1ccccc1. The first-order valence-corrected chi connectivity index (χ1v) is 10.1. The molecular formula is C23H23F6NO2. The molecule has 0 saturated heterocycles. The van der Waals surface area contributed by atoms with E-state index in [0.29, 0.717) is 25.0 Å². The van der Waals surface area contributed by atoms with Gasteiger partial charge in [0.25, 0.3) is 0 Å². The van der Waals surface area contributed by atoms with Crippen LogP contribution in [-0.4, -0.2) is 30.0 Å². The van der Waals surface area contributed by atoms with Crippen molar-refractivity contribution < 1.29 is 35.9 Å². The summed E-state index contributed by atoms with van der Waals surface area (Å²) in [6, 6.07) is 10.5. The molecule has 0 aliphatic heterocycles. The monoisotopic (exact) mass is 459 g/mol. The smallest absolute Gasteiger partial charge is 0.373 e. The van der Waals surface area contributed by atoms with E-state index in [2.05, 4.69) is 0 Å². The highest BCUT2D eigenvalue weighted by Gasteiger charge is 2.41. The van der Waals surface area contributed by atoms with Crippen molar-refractivity contribution in [3.8, 4) is 0 Å². The fourth-order valence-electron chi connectivity index (χ4n) is 4.21. The summed E-state index contributed by atoms with van der Waals surface area (Å²) in [5.74, 6) is -0.387. The zero-order chi connectivity index (χ0) is 23.7. The Kier molecular flexibility index (Phi) is 6.88. The maximum absolute atomic E-state index is 13.1. The van der Waals surface area contributed by atoms with Crippen LogP contribution < -0.4 is 0 Å². The Labute approximate surface area is 182 Å². The minimum atomic E-state index is -4.91. The Morgan fingerprint density at radius 3 is 2.03 bits per heavy atom. The molecule has 174 valence electrons. The molecular weight excluding hydrogens is 436 g/mol. The molecule has 0 bridgehead atoms. The number of halogens is 6. The van der Waals surface area contributed by atoms with Crippen molar-refractivity contribution >= 4 is 5.91 Å². The Morgan fingerprint density at radius 1 is 0.969 bits per heavy atom. The average Bonchev–Trinajstić information content (AvgIpc) is 3.14. The summed E-state index contributed by atoms with van der Waals surface area (Å²) < 4.78 is 84.7. The number of likely N-dealkylation sites (N-methyl/N-ethyl adjacent to an activating group) is 1. The van der Waals surface area contributed by atoms with Crippen molar-refractivity contribution in [2.75, 3.05) is 7.05 Å². The van der Waals surface area contributed by atoms with Crippen LogP contribution in [0.5, 0.6) is 0 Å². The molecule has 3 atom stereocenters. The van der Waals surface area contributed by atoms with Crippen LogP contribution in [0.4, 0.5) is 26.3 Å². The summed E-state index contributed by atoms with van der Waals surface area (Å²) in [6.45, 7) is 1.04. The maximum atomic E-state index is 13.1. The van der Waals surface area contributed by atoms with Crippen molar-refractivity contribution in [2.24, 2.45) is 0 Å². The number of hydrogen-bond acceptors (Lipinski definition) is 2. The van der Waals surface area contributed by atoms with E-state index in [9.17, 15) is 31.1 Å². The van der Waals surface area contributed by atoms with Gasteiger partial charge in [-0.1, -0.05) is 30.3 Å². The van der Waals surface area contributed by atoms with Crippen LogP contribution in [0, 0.1) is 0 Å². The van der Waals surface area contributed by atoms with Crippen LogP contribution in [0.25, 0.3) is 0 Å². The fraction of sp³-hybridized carbons (Fsp3) is 0.435. The molecule has 2 aromatic rings. The van der Waals surface area contributed by atoms with Gasteiger partial charge in [0.1, 0.15) is 0 Å². The second kappa shape index (κ2) is 9.13. The highest BCUT2D eigenvalue weighted by atomic mass is 19.4. The van der Waals surface area contributed by atoms with Crippen LogP contribution in [0.2, 0.25) is 0 Å². The summed E-state index contributed by atoms with van der Waals surface area (Å²) >= 11 is 0. The van der Waals surface area contributed by atoms with Crippen LogP contribution in [0.15, 0.2) is 48.5 Å². The summed E-state index contributed by atoms with van der Waals surface area (Å²) in [5, 5.41) is 0. The Morgan fingerprint density at radius 2 is 1.53 bits per heavy atom. The molecule has 3 unspecified atom stereocenters. The first-order chi connectivity index (χ1) is 14.9. The van der Waals surface area contributed by atoms with Gasteiger partial charge in [-0.3, -0.25) is 4.79 Å².